The number of benzene rings is 1. The molecule has 0 bridgehead atoms. The van der Waals surface area contributed by atoms with Crippen LogP contribution in [0.1, 0.15) is 23.5 Å². The van der Waals surface area contributed by atoms with Gasteiger partial charge >= 0.3 is 22.4 Å². The molecule has 1 aliphatic heterocycles. The van der Waals surface area contributed by atoms with Gasteiger partial charge in [-0.2, -0.15) is 23.3 Å². The molecule has 2 heterocycles. The number of nitrogens with one attached hydrogen (secondary N) is 2. The van der Waals surface area contributed by atoms with Crippen LogP contribution in [0.25, 0.3) is 10.9 Å². The third-order valence-corrected chi connectivity index (χ3v) is 7.85. The van der Waals surface area contributed by atoms with Gasteiger partial charge in [-0.25, -0.2) is 0 Å². The molecule has 1 aromatic carbocycles. The first-order valence-corrected chi connectivity index (χ1v) is 13.8. The molecular weight excluding hydrogens is 553 g/mol. The van der Waals surface area contributed by atoms with E-state index in [4.69, 9.17) is 41.4 Å². The molecule has 10 heteroatoms. The van der Waals surface area contributed by atoms with Gasteiger partial charge in [0.1, 0.15) is 0 Å². The summed E-state index contributed by atoms with van der Waals surface area (Å²) in [4.78, 5) is 17.5. The molecule has 0 spiro atoms. The maximum absolute atomic E-state index is 11.7. The summed E-state index contributed by atoms with van der Waals surface area (Å²) in [7, 11) is 2.17. The zero-order chi connectivity index (χ0) is 22.8. The van der Waals surface area contributed by atoms with Crippen molar-refractivity contribution in [3.8, 4) is 0 Å². The number of hydrogen-bond acceptors (Lipinski definition) is 7. The number of carbonyl (C=O) groups is 1. The van der Waals surface area contributed by atoms with Crippen LogP contribution in [0.2, 0.25) is 0 Å². The van der Waals surface area contributed by atoms with E-state index in [1.54, 1.807) is 0 Å². The second-order valence-corrected chi connectivity index (χ2v) is 9.90. The van der Waals surface area contributed by atoms with Gasteiger partial charge in [0.2, 0.25) is 0 Å². The van der Waals surface area contributed by atoms with Crippen LogP contribution < -0.4 is 5.32 Å². The number of carbonyl (C=O) groups excluding carboxylic acids is 1. The predicted molar refractivity (Wildman–Crippen MR) is 132 cm³/mol. The number of likely N-dealkylation sites (N-methyl/N-ethyl adjacent to an activating group) is 1. The normalized spacial score (nSPS) is 21.8. The van der Waals surface area contributed by atoms with Crippen molar-refractivity contribution in [1.82, 2.24) is 15.2 Å². The minimum absolute atomic E-state index is 0.0248. The van der Waals surface area contributed by atoms with Crippen LogP contribution in [0.4, 0.5) is 0 Å². The van der Waals surface area contributed by atoms with E-state index in [9.17, 15) is 4.79 Å². The number of aromatic nitrogens is 1. The van der Waals surface area contributed by atoms with Gasteiger partial charge < -0.3 is 53.1 Å². The second-order valence-electron chi connectivity index (χ2n) is 7.57. The number of aromatic amines is 1. The van der Waals surface area contributed by atoms with Crippen LogP contribution in [-0.4, -0.2) is 70.2 Å². The Bertz CT molecular complexity index is 834. The minimum atomic E-state index is -0.0248. The van der Waals surface area contributed by atoms with Crippen molar-refractivity contribution < 1.29 is 27.2 Å². The molecule has 3 unspecified atom stereocenters. The molecule has 1 aliphatic carbocycles. The topological polar surface area (TPSA) is 65.2 Å². The summed E-state index contributed by atoms with van der Waals surface area (Å²) in [6.07, 6.45) is 4.24. The SMILES string of the molecule is CN1CC(NC(=O)C[S-])CC2c3cccc4[nH]cc(c34)CC21.[O]=[Tc+3].[S-]CCSCC[S-]. The maximum Gasteiger partial charge on any atom is -0.0287 e. The molecule has 31 heavy (non-hydrogen) atoms. The minimum Gasteiger partial charge on any atom is -0.792 e. The van der Waals surface area contributed by atoms with E-state index in [0.29, 0.717) is 12.0 Å². The summed E-state index contributed by atoms with van der Waals surface area (Å²) in [6, 6.07) is 7.24. The van der Waals surface area contributed by atoms with Gasteiger partial charge in [0.25, 0.3) is 0 Å². The molecule has 1 amide bonds. The van der Waals surface area contributed by atoms with Crippen molar-refractivity contribution >= 4 is 66.5 Å². The smallest absolute Gasteiger partial charge is 0.0287 e. The molecule has 1 fully saturated rings. The number of likely N-dealkylation sites (tertiary alicyclic amines) is 1. The largest absolute Gasteiger partial charge is 0.792 e. The summed E-state index contributed by atoms with van der Waals surface area (Å²) in [6.45, 7) is 0.901. The molecule has 1 saturated heterocycles. The molecule has 2 aromatic rings. The van der Waals surface area contributed by atoms with E-state index in [0.717, 1.165) is 61.3 Å². The van der Waals surface area contributed by atoms with Gasteiger partial charge in [0.15, 0.2) is 5.91 Å². The number of fused-ring (bicyclic) bond motifs is 2. The number of nitrogens with zero attached hydrogens (tertiary/aromatic N) is 1. The molecule has 5 nitrogen and oxygen atoms in total. The number of H-pyrrole nitrogens is 1. The Labute approximate surface area is 216 Å². The average Bonchev–Trinajstić information content (AvgIpc) is 3.21. The average molecular weight is 581 g/mol. The predicted octanol–water partition coefficient (Wildman–Crippen LogP) is 2.24. The van der Waals surface area contributed by atoms with Crippen LogP contribution in [-0.2, 0) is 71.5 Å². The molecule has 2 aliphatic rings. The van der Waals surface area contributed by atoms with E-state index in [-0.39, 0.29) is 17.7 Å². The molecule has 3 atom stereocenters. The molecule has 4 rings (SSSR count). The third-order valence-electron chi connectivity index (χ3n) is 5.68. The van der Waals surface area contributed by atoms with Gasteiger partial charge in [0, 0.05) is 41.6 Å². The van der Waals surface area contributed by atoms with Crippen LogP contribution >= 0.6 is 11.8 Å². The number of rotatable bonds is 6. The number of thioether (sulfide) groups is 1. The van der Waals surface area contributed by atoms with Gasteiger partial charge in [0.05, 0.1) is 0 Å². The Morgan fingerprint density at radius 2 is 1.97 bits per heavy atom. The van der Waals surface area contributed by atoms with Crippen molar-refractivity contribution in [3.63, 3.8) is 0 Å². The fourth-order valence-electron chi connectivity index (χ4n) is 4.54. The fourth-order valence-corrected chi connectivity index (χ4v) is 5.77. The van der Waals surface area contributed by atoms with E-state index >= 15 is 0 Å². The zero-order valence-corrected chi connectivity index (χ0v) is 22.6. The Kier molecular flexibility index (Phi) is 12.6. The third kappa shape index (κ3) is 7.26. The summed E-state index contributed by atoms with van der Waals surface area (Å²) in [5, 5.41) is 4.48. The maximum atomic E-state index is 11.7. The van der Waals surface area contributed by atoms with Crippen molar-refractivity contribution in [2.75, 3.05) is 42.4 Å². The Balaban J connectivity index is 0.000000327. The first-order chi connectivity index (χ1) is 15.1. The number of piperidine rings is 1. The standard InChI is InChI=1S/C17H21N3OS.C4H10S3.O.Tc/c1-20-8-11(19-16(21)9-22)6-13-12-3-2-4-14-17(12)10(7-18-14)5-15(13)20;5-1-3-7-4-2-6;;/h2-4,7,11,13,15,18,22H,5-6,8-9H2,1H3,(H,19,21);5-6H,1-4H2;;/q;;;+3/p-3. The number of hydrogen-bond donors (Lipinski definition) is 2. The van der Waals surface area contributed by atoms with Crippen LogP contribution in [0.3, 0.4) is 0 Å². The molecule has 2 N–H and O–H groups in total. The monoisotopic (exact) mass is 579 g/mol. The van der Waals surface area contributed by atoms with Crippen molar-refractivity contribution in [2.45, 2.75) is 30.8 Å². The van der Waals surface area contributed by atoms with E-state index in [1.165, 1.54) is 22.0 Å². The van der Waals surface area contributed by atoms with Gasteiger partial charge in [-0.15, -0.1) is 0 Å². The Hall–Kier alpha value is 0.0394. The Morgan fingerprint density at radius 3 is 2.61 bits per heavy atom. The van der Waals surface area contributed by atoms with Crippen LogP contribution in [0.5, 0.6) is 0 Å². The summed E-state index contributed by atoms with van der Waals surface area (Å²) in [5.41, 5.74) is 4.08. The summed E-state index contributed by atoms with van der Waals surface area (Å²) < 4.78 is 8.22. The first kappa shape index (κ1) is 27.3. The molecule has 0 saturated carbocycles. The van der Waals surface area contributed by atoms with Crippen LogP contribution in [0, 0.1) is 0 Å². The summed E-state index contributed by atoms with van der Waals surface area (Å²) in [5.74, 6) is 4.49. The van der Waals surface area contributed by atoms with E-state index in [2.05, 4.69) is 46.6 Å². The molecule has 170 valence electrons. The van der Waals surface area contributed by atoms with Crippen molar-refractivity contribution in [2.24, 2.45) is 0 Å². The van der Waals surface area contributed by atoms with Gasteiger partial charge in [-0.1, -0.05) is 17.9 Å². The fraction of sp³-hybridized carbons (Fsp3) is 0.571. The second kappa shape index (κ2) is 14.3. The Morgan fingerprint density at radius 1 is 1.26 bits per heavy atom. The van der Waals surface area contributed by atoms with Crippen molar-refractivity contribution in [3.05, 3.63) is 35.5 Å². The molecule has 1 aromatic heterocycles. The quantitative estimate of drug-likeness (QED) is 0.402. The summed E-state index contributed by atoms with van der Waals surface area (Å²) >= 11 is 17.0. The van der Waals surface area contributed by atoms with Crippen LogP contribution in [0.15, 0.2) is 24.4 Å². The van der Waals surface area contributed by atoms with E-state index in [1.807, 2.05) is 11.8 Å². The van der Waals surface area contributed by atoms with E-state index < -0.39 is 0 Å². The zero-order valence-electron chi connectivity index (χ0n) is 17.5. The molecular formula is C21H28N3O2S4Tc. The molecule has 0 radical (unpaired) electrons. The first-order valence-electron chi connectivity index (χ1n) is 10.1. The van der Waals surface area contributed by atoms with Gasteiger partial charge in [-0.05, 0) is 48.6 Å². The van der Waals surface area contributed by atoms with Crippen molar-refractivity contribution in [1.29, 1.82) is 0 Å². The number of amides is 1. The van der Waals surface area contributed by atoms with Gasteiger partial charge in [-0.3, -0.25) is 4.79 Å².